The number of hydrogen-bond donors (Lipinski definition) is 2. The van der Waals surface area contributed by atoms with Crippen molar-refractivity contribution >= 4 is 17.9 Å². The number of carbonyl (C=O) groups excluding carboxylic acids is 1. The molecule has 1 heterocycles. The maximum atomic E-state index is 12.4. The van der Waals surface area contributed by atoms with Gasteiger partial charge in [-0.3, -0.25) is 4.79 Å². The average Bonchev–Trinajstić information content (AvgIpc) is 2.64. The van der Waals surface area contributed by atoms with Gasteiger partial charge < -0.3 is 14.9 Å². The van der Waals surface area contributed by atoms with Gasteiger partial charge >= 0.3 is 0 Å². The normalized spacial score (nSPS) is 14.3. The van der Waals surface area contributed by atoms with Crippen LogP contribution < -0.4 is 4.74 Å². The number of fused-ring (bicyclic) bond motifs is 1. The molecule has 29 heavy (non-hydrogen) atoms. The van der Waals surface area contributed by atoms with Crippen LogP contribution in [0.3, 0.4) is 0 Å². The Morgan fingerprint density at radius 2 is 1.90 bits per heavy atom. The van der Waals surface area contributed by atoms with Crippen molar-refractivity contribution in [2.45, 2.75) is 39.7 Å². The Bertz CT molecular complexity index is 1040. The van der Waals surface area contributed by atoms with Gasteiger partial charge in [-0.1, -0.05) is 23.8 Å². The molecule has 0 aromatic heterocycles. The van der Waals surface area contributed by atoms with Gasteiger partial charge in [0.1, 0.15) is 22.8 Å². The zero-order valence-corrected chi connectivity index (χ0v) is 17.2. The van der Waals surface area contributed by atoms with Crippen LogP contribution in [0, 0.1) is 0 Å². The van der Waals surface area contributed by atoms with Crippen molar-refractivity contribution in [2.24, 2.45) is 0 Å². The van der Waals surface area contributed by atoms with Gasteiger partial charge in [-0.15, -0.1) is 0 Å². The highest BCUT2D eigenvalue weighted by Gasteiger charge is 2.24. The minimum Gasteiger partial charge on any atom is -0.508 e. The molecule has 4 heteroatoms. The number of benzene rings is 2. The lowest BCUT2D eigenvalue weighted by Crippen LogP contribution is -2.28. The predicted molar refractivity (Wildman–Crippen MR) is 116 cm³/mol. The number of allylic oxidation sites excluding steroid dienone is 3. The maximum Gasteiger partial charge on any atom is 0.189 e. The van der Waals surface area contributed by atoms with E-state index in [1.54, 1.807) is 6.08 Å². The summed E-state index contributed by atoms with van der Waals surface area (Å²) in [5.74, 6) is 0.206. The largest absolute Gasteiger partial charge is 0.508 e. The number of phenols is 2. The summed E-state index contributed by atoms with van der Waals surface area (Å²) in [7, 11) is 0. The lowest BCUT2D eigenvalue weighted by Gasteiger charge is -2.29. The zero-order valence-electron chi connectivity index (χ0n) is 17.2. The summed E-state index contributed by atoms with van der Waals surface area (Å²) in [5, 5.41) is 19.3. The summed E-state index contributed by atoms with van der Waals surface area (Å²) < 4.78 is 6.20. The van der Waals surface area contributed by atoms with Gasteiger partial charge in [0.05, 0.1) is 5.56 Å². The van der Waals surface area contributed by atoms with E-state index in [1.165, 1.54) is 23.8 Å². The molecule has 0 saturated carbocycles. The highest BCUT2D eigenvalue weighted by Crippen LogP contribution is 2.36. The van der Waals surface area contributed by atoms with Crippen LogP contribution in [0.25, 0.3) is 12.2 Å². The minimum atomic E-state index is -0.365. The summed E-state index contributed by atoms with van der Waals surface area (Å²) in [6.45, 7) is 8.16. The summed E-state index contributed by atoms with van der Waals surface area (Å²) in [5.41, 5.74) is 3.91. The lowest BCUT2D eigenvalue weighted by molar-refractivity contribution is 0.104. The van der Waals surface area contributed by atoms with Crippen LogP contribution >= 0.6 is 0 Å². The first-order valence-electron chi connectivity index (χ1n) is 9.57. The Balaban J connectivity index is 1.95. The van der Waals surface area contributed by atoms with E-state index in [-0.39, 0.29) is 28.4 Å². The van der Waals surface area contributed by atoms with Gasteiger partial charge in [0, 0.05) is 11.6 Å². The molecule has 3 rings (SSSR count). The van der Waals surface area contributed by atoms with Crippen molar-refractivity contribution in [1.82, 2.24) is 0 Å². The standard InChI is InChI=1S/C25H26O4/c1-16(2)5-7-18-13-17(14-19-11-12-25(3,4)29-24(18)19)6-10-22(27)21-9-8-20(26)15-23(21)28/h5-6,8-15,26,28H,7H2,1-4H3/b10-6+. The SMILES string of the molecule is CC(C)=CCc1cc(/C=C/C(=O)c2ccc(O)cc2O)cc2c1OC(C)(C)C=C2. The second-order valence-corrected chi connectivity index (χ2v) is 8.02. The molecule has 1 aliphatic rings. The lowest BCUT2D eigenvalue weighted by atomic mass is 9.95. The topological polar surface area (TPSA) is 66.8 Å². The molecular formula is C25H26O4. The van der Waals surface area contributed by atoms with Crippen LogP contribution in [-0.4, -0.2) is 21.6 Å². The Morgan fingerprint density at radius 1 is 1.14 bits per heavy atom. The molecule has 0 atom stereocenters. The molecule has 0 saturated heterocycles. The van der Waals surface area contributed by atoms with Gasteiger partial charge in [0.25, 0.3) is 0 Å². The Hall–Kier alpha value is -3.27. The fourth-order valence-corrected chi connectivity index (χ4v) is 3.13. The first-order chi connectivity index (χ1) is 13.6. The maximum absolute atomic E-state index is 12.4. The van der Waals surface area contributed by atoms with E-state index < -0.39 is 0 Å². The molecule has 0 fully saturated rings. The number of rotatable bonds is 5. The molecule has 2 aromatic rings. The van der Waals surface area contributed by atoms with E-state index in [0.717, 1.165) is 34.9 Å². The van der Waals surface area contributed by atoms with E-state index in [4.69, 9.17) is 4.74 Å². The Labute approximate surface area is 171 Å². The van der Waals surface area contributed by atoms with Crippen molar-refractivity contribution in [3.05, 3.63) is 76.4 Å². The van der Waals surface area contributed by atoms with Gasteiger partial charge in [0.15, 0.2) is 5.78 Å². The number of ketones is 1. The van der Waals surface area contributed by atoms with E-state index in [1.807, 2.05) is 32.1 Å². The average molecular weight is 390 g/mol. The summed E-state index contributed by atoms with van der Waals surface area (Å²) in [6.07, 6.45) is 10.1. The monoisotopic (exact) mass is 390 g/mol. The first-order valence-corrected chi connectivity index (χ1v) is 9.57. The van der Waals surface area contributed by atoms with Crippen LogP contribution in [-0.2, 0) is 6.42 Å². The van der Waals surface area contributed by atoms with E-state index in [0.29, 0.717) is 0 Å². The van der Waals surface area contributed by atoms with Crippen LogP contribution in [0.4, 0.5) is 0 Å². The van der Waals surface area contributed by atoms with Crippen molar-refractivity contribution < 1.29 is 19.7 Å². The van der Waals surface area contributed by atoms with Crippen molar-refractivity contribution in [1.29, 1.82) is 0 Å². The van der Waals surface area contributed by atoms with Crippen molar-refractivity contribution in [2.75, 3.05) is 0 Å². The van der Waals surface area contributed by atoms with Crippen LogP contribution in [0.2, 0.25) is 0 Å². The molecule has 0 spiro atoms. The second kappa shape index (κ2) is 8.00. The second-order valence-electron chi connectivity index (χ2n) is 8.02. The van der Waals surface area contributed by atoms with Gasteiger partial charge in [-0.25, -0.2) is 0 Å². The van der Waals surface area contributed by atoms with Gasteiger partial charge in [0.2, 0.25) is 0 Å². The number of aromatic hydroxyl groups is 2. The summed E-state index contributed by atoms with van der Waals surface area (Å²) in [4.78, 5) is 12.4. The fourth-order valence-electron chi connectivity index (χ4n) is 3.13. The van der Waals surface area contributed by atoms with Crippen LogP contribution in [0.1, 0.15) is 54.7 Å². The third kappa shape index (κ3) is 4.96. The third-order valence-corrected chi connectivity index (χ3v) is 4.65. The highest BCUT2D eigenvalue weighted by molar-refractivity contribution is 6.08. The van der Waals surface area contributed by atoms with Gasteiger partial charge in [-0.2, -0.15) is 0 Å². The molecular weight excluding hydrogens is 364 g/mol. The molecule has 0 unspecified atom stereocenters. The van der Waals surface area contributed by atoms with E-state index >= 15 is 0 Å². The smallest absolute Gasteiger partial charge is 0.189 e. The molecule has 4 nitrogen and oxygen atoms in total. The predicted octanol–water partition coefficient (Wildman–Crippen LogP) is 5.69. The number of hydrogen-bond acceptors (Lipinski definition) is 4. The van der Waals surface area contributed by atoms with Gasteiger partial charge in [-0.05, 0) is 81.7 Å². The zero-order chi connectivity index (χ0) is 21.2. The molecule has 0 amide bonds. The Kier molecular flexibility index (Phi) is 5.64. The number of ether oxygens (including phenoxy) is 1. The van der Waals surface area contributed by atoms with Crippen LogP contribution in [0.15, 0.2) is 54.1 Å². The van der Waals surface area contributed by atoms with Crippen LogP contribution in [0.5, 0.6) is 17.2 Å². The number of carbonyl (C=O) groups is 1. The quantitative estimate of drug-likeness (QED) is 0.391. The first kappa shape index (κ1) is 20.5. The fraction of sp³-hybridized carbons (Fsp3) is 0.240. The van der Waals surface area contributed by atoms with Crippen molar-refractivity contribution in [3.63, 3.8) is 0 Å². The third-order valence-electron chi connectivity index (χ3n) is 4.65. The minimum absolute atomic E-state index is 0.0867. The number of phenolic OH excluding ortho intramolecular Hbond substituents is 2. The molecule has 0 radical (unpaired) electrons. The van der Waals surface area contributed by atoms with E-state index in [2.05, 4.69) is 26.0 Å². The summed E-state index contributed by atoms with van der Waals surface area (Å²) >= 11 is 0. The highest BCUT2D eigenvalue weighted by atomic mass is 16.5. The molecule has 2 aromatic carbocycles. The molecule has 150 valence electrons. The molecule has 0 aliphatic carbocycles. The Morgan fingerprint density at radius 3 is 2.59 bits per heavy atom. The van der Waals surface area contributed by atoms with Crippen molar-refractivity contribution in [3.8, 4) is 17.2 Å². The summed E-state index contributed by atoms with van der Waals surface area (Å²) in [6, 6.07) is 7.94. The molecule has 2 N–H and O–H groups in total. The molecule has 0 bridgehead atoms. The van der Waals surface area contributed by atoms with E-state index in [9.17, 15) is 15.0 Å². The molecule has 1 aliphatic heterocycles.